The van der Waals surface area contributed by atoms with Gasteiger partial charge in [0.05, 0.1) is 0 Å². The maximum absolute atomic E-state index is 5.31. The first-order valence-electron chi connectivity index (χ1n) is 2.89. The first-order valence-corrected chi connectivity index (χ1v) is 4.31. The molecule has 3 N–H and O–H groups in total. The molecule has 1 rings (SSSR count). The fourth-order valence-electron chi connectivity index (χ4n) is 0.482. The number of nitrogens with one attached hydrogen (secondary N) is 1. The zero-order valence-electron chi connectivity index (χ0n) is 5.62. The van der Waals surface area contributed by atoms with Gasteiger partial charge in [-0.3, -0.25) is 0 Å². The van der Waals surface area contributed by atoms with Crippen LogP contribution >= 0.6 is 23.4 Å². The van der Waals surface area contributed by atoms with E-state index >= 15 is 0 Å². The van der Waals surface area contributed by atoms with Gasteiger partial charge in [0.25, 0.3) is 0 Å². The van der Waals surface area contributed by atoms with Crippen molar-refractivity contribution in [3.63, 3.8) is 0 Å². The molecular formula is C5H7ClN4S. The smallest absolute Gasteiger partial charge is 0.216 e. The summed E-state index contributed by atoms with van der Waals surface area (Å²) in [5.41, 5.74) is 6.76. The molecule has 0 amide bonds. The third kappa shape index (κ3) is 2.81. The highest BCUT2D eigenvalue weighted by Crippen LogP contribution is 2.12. The zero-order chi connectivity index (χ0) is 8.10. The van der Waals surface area contributed by atoms with E-state index in [0.717, 1.165) is 5.75 Å². The van der Waals surface area contributed by atoms with Crippen LogP contribution in [0, 0.1) is 0 Å². The van der Waals surface area contributed by atoms with Crippen LogP contribution in [0.3, 0.4) is 0 Å². The quantitative estimate of drug-likeness (QED) is 0.704. The van der Waals surface area contributed by atoms with Crippen molar-refractivity contribution in [1.29, 1.82) is 0 Å². The Labute approximate surface area is 73.2 Å². The summed E-state index contributed by atoms with van der Waals surface area (Å²) in [6, 6.07) is 0. The minimum absolute atomic E-state index is 0.336. The number of anilines is 1. The Morgan fingerprint density at radius 1 is 1.73 bits per heavy atom. The minimum atomic E-state index is 0.336. The lowest BCUT2D eigenvalue weighted by Gasteiger charge is -1.85. The zero-order valence-corrected chi connectivity index (χ0v) is 7.19. The Morgan fingerprint density at radius 2 is 2.55 bits per heavy atom. The van der Waals surface area contributed by atoms with Crippen molar-refractivity contribution in [2.75, 3.05) is 11.5 Å². The second-order valence-electron chi connectivity index (χ2n) is 1.68. The number of aromatic amines is 1. The van der Waals surface area contributed by atoms with Crippen LogP contribution in [-0.4, -0.2) is 20.9 Å². The Balaban J connectivity index is 2.38. The topological polar surface area (TPSA) is 67.6 Å². The van der Waals surface area contributed by atoms with Gasteiger partial charge in [-0.05, 0) is 0 Å². The lowest BCUT2D eigenvalue weighted by Crippen LogP contribution is -1.85. The van der Waals surface area contributed by atoms with Crippen molar-refractivity contribution in [1.82, 2.24) is 15.2 Å². The summed E-state index contributed by atoms with van der Waals surface area (Å²) in [5, 5.41) is 6.98. The normalized spacial score (nSPS) is 11.0. The largest absolute Gasteiger partial charge is 0.368 e. The second kappa shape index (κ2) is 4.25. The molecule has 0 bridgehead atoms. The molecule has 0 atom stereocenters. The number of nitrogens with zero attached hydrogens (tertiary/aromatic N) is 2. The summed E-state index contributed by atoms with van der Waals surface area (Å²) in [7, 11) is 0. The predicted octanol–water partition coefficient (Wildman–Crippen LogP) is 1.23. The summed E-state index contributed by atoms with van der Waals surface area (Å²) in [4.78, 5) is 3.88. The number of hydrogen-bond acceptors (Lipinski definition) is 4. The molecule has 1 heterocycles. The van der Waals surface area contributed by atoms with Crippen molar-refractivity contribution in [3.8, 4) is 0 Å². The van der Waals surface area contributed by atoms with E-state index in [1.807, 2.05) is 0 Å². The fraction of sp³-hybridized carbons (Fsp3) is 0.200. The molecule has 60 valence electrons. The third-order valence-corrected chi connectivity index (χ3v) is 1.86. The number of halogens is 1. The summed E-state index contributed by atoms with van der Waals surface area (Å²) >= 11 is 6.77. The van der Waals surface area contributed by atoms with E-state index < -0.39 is 0 Å². The standard InChI is InChI=1S/C5H7ClN4S/c6-2-1-3-11-5-8-4(7)9-10-5/h1-2H,3H2,(H3,7,8,9,10)/b2-1+. The van der Waals surface area contributed by atoms with Gasteiger partial charge in [-0.15, -0.1) is 5.10 Å². The molecule has 0 spiro atoms. The van der Waals surface area contributed by atoms with Crippen LogP contribution in [0.5, 0.6) is 0 Å². The minimum Gasteiger partial charge on any atom is -0.368 e. The van der Waals surface area contributed by atoms with Gasteiger partial charge in [0.2, 0.25) is 11.1 Å². The molecule has 0 radical (unpaired) electrons. The SMILES string of the molecule is Nc1nc(SC/C=C/Cl)n[nH]1. The van der Waals surface area contributed by atoms with E-state index in [4.69, 9.17) is 17.3 Å². The molecule has 0 fully saturated rings. The van der Waals surface area contributed by atoms with Crippen LogP contribution in [-0.2, 0) is 0 Å². The highest BCUT2D eigenvalue weighted by Gasteiger charge is 1.97. The van der Waals surface area contributed by atoms with Crippen LogP contribution in [0.25, 0.3) is 0 Å². The van der Waals surface area contributed by atoms with Gasteiger partial charge in [0.15, 0.2) is 0 Å². The lowest BCUT2D eigenvalue weighted by atomic mass is 10.8. The predicted molar refractivity (Wildman–Crippen MR) is 46.5 cm³/mol. The van der Waals surface area contributed by atoms with Crippen molar-refractivity contribution in [2.24, 2.45) is 0 Å². The molecule has 0 aliphatic heterocycles. The molecule has 4 nitrogen and oxygen atoms in total. The fourth-order valence-corrected chi connectivity index (χ4v) is 1.29. The van der Waals surface area contributed by atoms with Crippen molar-refractivity contribution >= 4 is 29.3 Å². The van der Waals surface area contributed by atoms with Crippen LogP contribution in [0.4, 0.5) is 5.95 Å². The number of nitrogen functional groups attached to an aromatic ring is 1. The average molecular weight is 191 g/mol. The number of aromatic nitrogens is 3. The van der Waals surface area contributed by atoms with Gasteiger partial charge < -0.3 is 5.73 Å². The lowest BCUT2D eigenvalue weighted by molar-refractivity contribution is 0.975. The number of hydrogen-bond donors (Lipinski definition) is 2. The van der Waals surface area contributed by atoms with Gasteiger partial charge in [-0.2, -0.15) is 4.98 Å². The number of H-pyrrole nitrogens is 1. The number of rotatable bonds is 3. The molecule has 0 saturated heterocycles. The summed E-state index contributed by atoms with van der Waals surface area (Å²) in [6.45, 7) is 0. The van der Waals surface area contributed by atoms with Gasteiger partial charge in [0, 0.05) is 11.3 Å². The second-order valence-corrected chi connectivity index (χ2v) is 2.92. The molecule has 6 heteroatoms. The summed E-state index contributed by atoms with van der Waals surface area (Å²) in [6.07, 6.45) is 1.80. The van der Waals surface area contributed by atoms with E-state index in [9.17, 15) is 0 Å². The van der Waals surface area contributed by atoms with Gasteiger partial charge in [-0.25, -0.2) is 5.10 Å². The van der Waals surface area contributed by atoms with E-state index in [-0.39, 0.29) is 0 Å². The van der Waals surface area contributed by atoms with Crippen molar-refractivity contribution < 1.29 is 0 Å². The maximum atomic E-state index is 5.31. The first-order chi connectivity index (χ1) is 5.33. The van der Waals surface area contributed by atoms with Crippen LogP contribution in [0.1, 0.15) is 0 Å². The Bertz CT molecular complexity index is 246. The molecule has 0 unspecified atom stereocenters. The van der Waals surface area contributed by atoms with E-state index in [1.165, 1.54) is 17.3 Å². The van der Waals surface area contributed by atoms with Gasteiger partial charge in [-0.1, -0.05) is 29.4 Å². The Morgan fingerprint density at radius 3 is 3.09 bits per heavy atom. The summed E-state index contributed by atoms with van der Waals surface area (Å²) in [5.74, 6) is 1.09. The maximum Gasteiger partial charge on any atom is 0.216 e. The number of nitrogens with two attached hydrogens (primary N) is 1. The average Bonchev–Trinajstić information content (AvgIpc) is 2.37. The van der Waals surface area contributed by atoms with Crippen LogP contribution < -0.4 is 5.73 Å². The first kappa shape index (κ1) is 8.42. The highest BCUT2D eigenvalue weighted by molar-refractivity contribution is 7.99. The van der Waals surface area contributed by atoms with Crippen molar-refractivity contribution in [2.45, 2.75) is 5.16 Å². The molecule has 1 aromatic heterocycles. The van der Waals surface area contributed by atoms with Crippen LogP contribution in [0.15, 0.2) is 16.8 Å². The van der Waals surface area contributed by atoms with E-state index in [2.05, 4.69) is 15.2 Å². The molecule has 1 aromatic rings. The van der Waals surface area contributed by atoms with Gasteiger partial charge in [0.1, 0.15) is 0 Å². The Hall–Kier alpha value is -0.680. The third-order valence-electron chi connectivity index (χ3n) is 0.880. The molecule has 0 aliphatic rings. The molecule has 11 heavy (non-hydrogen) atoms. The van der Waals surface area contributed by atoms with E-state index in [1.54, 1.807) is 6.08 Å². The van der Waals surface area contributed by atoms with Gasteiger partial charge >= 0.3 is 0 Å². The molecule has 0 saturated carbocycles. The van der Waals surface area contributed by atoms with Crippen molar-refractivity contribution in [3.05, 3.63) is 11.6 Å². The highest BCUT2D eigenvalue weighted by atomic mass is 35.5. The number of thioether (sulfide) groups is 1. The molecular weight excluding hydrogens is 184 g/mol. The van der Waals surface area contributed by atoms with Crippen LogP contribution in [0.2, 0.25) is 0 Å². The molecule has 0 aliphatic carbocycles. The Kier molecular flexibility index (Phi) is 3.25. The molecule has 0 aromatic carbocycles. The monoisotopic (exact) mass is 190 g/mol. The van der Waals surface area contributed by atoms with E-state index in [0.29, 0.717) is 11.1 Å². The summed E-state index contributed by atoms with van der Waals surface area (Å²) < 4.78 is 0.